The highest BCUT2D eigenvalue weighted by atomic mass is 16.5. The smallest absolute Gasteiger partial charge is 0.358 e. The number of nitrogens with zero attached hydrogens (tertiary/aromatic N) is 1. The van der Waals surface area contributed by atoms with Gasteiger partial charge in [-0.15, -0.1) is 0 Å². The molecular formula is C24H22N2O4. The summed E-state index contributed by atoms with van der Waals surface area (Å²) in [5.74, 6) is -1.96. The Kier molecular flexibility index (Phi) is 6.60. The van der Waals surface area contributed by atoms with Crippen molar-refractivity contribution >= 4 is 17.6 Å². The average molecular weight is 402 g/mol. The van der Waals surface area contributed by atoms with Gasteiger partial charge in [-0.25, -0.2) is 10.2 Å². The van der Waals surface area contributed by atoms with E-state index >= 15 is 0 Å². The summed E-state index contributed by atoms with van der Waals surface area (Å²) in [6.45, 7) is 1.58. The topological polar surface area (TPSA) is 88.0 Å². The largest absolute Gasteiger partial charge is 0.478 e. The van der Waals surface area contributed by atoms with Crippen LogP contribution in [0.15, 0.2) is 96.1 Å². The quantitative estimate of drug-likeness (QED) is 0.340. The van der Waals surface area contributed by atoms with Crippen molar-refractivity contribution in [1.29, 1.82) is 0 Å². The fourth-order valence-corrected chi connectivity index (χ4v) is 2.95. The Morgan fingerprint density at radius 1 is 0.867 bits per heavy atom. The molecule has 0 bridgehead atoms. The Balaban J connectivity index is 1.95. The van der Waals surface area contributed by atoms with Crippen LogP contribution in [0.4, 0.5) is 0 Å². The fourth-order valence-electron chi connectivity index (χ4n) is 2.95. The molecule has 0 radical (unpaired) electrons. The molecule has 1 unspecified atom stereocenters. The third kappa shape index (κ3) is 4.55. The zero-order valence-corrected chi connectivity index (χ0v) is 16.5. The number of carboxylic acid groups (broad SMARTS) is 1. The monoisotopic (exact) mass is 402 g/mol. The second-order valence-corrected chi connectivity index (χ2v) is 6.53. The lowest BCUT2D eigenvalue weighted by Gasteiger charge is -2.27. The predicted octanol–water partition coefficient (Wildman–Crippen LogP) is 3.87. The first-order valence-corrected chi connectivity index (χ1v) is 9.53. The molecule has 0 aromatic heterocycles. The number of benzene rings is 3. The van der Waals surface area contributed by atoms with Crippen LogP contribution in [0, 0.1) is 0 Å². The molecule has 6 nitrogen and oxygen atoms in total. The van der Waals surface area contributed by atoms with Gasteiger partial charge in [0.2, 0.25) is 0 Å². The Bertz CT molecular complexity index is 979. The molecule has 0 heterocycles. The number of nitrogens with one attached hydrogen (secondary N) is 1. The maximum atomic E-state index is 13.0. The minimum atomic E-state index is -2.11. The van der Waals surface area contributed by atoms with E-state index in [1.807, 2.05) is 60.7 Å². The van der Waals surface area contributed by atoms with E-state index in [9.17, 15) is 14.7 Å². The standard InChI is InChI=1S/C24H22N2O4/c1-2-24(23(28)29,30-20-16-10-5-11-17-20)22(27)26-25-21(18-12-6-3-7-13-18)19-14-8-4-9-15-19/h3-17H,2H2,1H3,(H,26,27)(H,28,29). The number of ether oxygens (including phenoxy) is 1. The molecule has 3 rings (SSSR count). The summed E-state index contributed by atoms with van der Waals surface area (Å²) >= 11 is 0. The van der Waals surface area contributed by atoms with Gasteiger partial charge < -0.3 is 9.84 Å². The minimum Gasteiger partial charge on any atom is -0.478 e. The highest BCUT2D eigenvalue weighted by Crippen LogP contribution is 2.22. The molecule has 6 heteroatoms. The number of hydrogen-bond acceptors (Lipinski definition) is 4. The lowest BCUT2D eigenvalue weighted by molar-refractivity contribution is -0.163. The number of para-hydroxylation sites is 1. The molecule has 0 saturated heterocycles. The van der Waals surface area contributed by atoms with Crippen LogP contribution in [0.1, 0.15) is 24.5 Å². The molecule has 152 valence electrons. The summed E-state index contributed by atoms with van der Waals surface area (Å²) < 4.78 is 5.64. The van der Waals surface area contributed by atoms with Crippen LogP contribution in [0.25, 0.3) is 0 Å². The van der Waals surface area contributed by atoms with E-state index in [4.69, 9.17) is 4.74 Å². The molecule has 0 aliphatic rings. The number of hydrogen-bond donors (Lipinski definition) is 2. The molecule has 3 aromatic rings. The number of hydrazone groups is 1. The van der Waals surface area contributed by atoms with Crippen molar-refractivity contribution < 1.29 is 19.4 Å². The molecule has 0 aliphatic carbocycles. The first kappa shape index (κ1) is 20.8. The lowest BCUT2D eigenvalue weighted by Crippen LogP contribution is -2.55. The molecule has 0 aliphatic heterocycles. The molecule has 0 fully saturated rings. The van der Waals surface area contributed by atoms with Gasteiger partial charge in [0, 0.05) is 17.5 Å². The molecule has 0 spiro atoms. The molecule has 30 heavy (non-hydrogen) atoms. The predicted molar refractivity (Wildman–Crippen MR) is 114 cm³/mol. The van der Waals surface area contributed by atoms with Crippen molar-refractivity contribution in [3.8, 4) is 5.75 Å². The first-order valence-electron chi connectivity index (χ1n) is 9.53. The molecule has 1 amide bonds. The average Bonchev–Trinajstić information content (AvgIpc) is 2.79. The third-order valence-electron chi connectivity index (χ3n) is 4.61. The fraction of sp³-hybridized carbons (Fsp3) is 0.125. The second kappa shape index (κ2) is 9.52. The van der Waals surface area contributed by atoms with E-state index < -0.39 is 17.5 Å². The molecule has 2 N–H and O–H groups in total. The number of carboxylic acids is 1. The summed E-state index contributed by atoms with van der Waals surface area (Å²) in [6.07, 6.45) is -0.0788. The maximum Gasteiger partial charge on any atom is 0.358 e. The van der Waals surface area contributed by atoms with Gasteiger partial charge >= 0.3 is 5.97 Å². The Morgan fingerprint density at radius 3 is 1.77 bits per heavy atom. The van der Waals surface area contributed by atoms with Crippen LogP contribution >= 0.6 is 0 Å². The Hall–Kier alpha value is -3.93. The number of carbonyl (C=O) groups is 2. The van der Waals surface area contributed by atoms with E-state index in [-0.39, 0.29) is 12.2 Å². The highest BCUT2D eigenvalue weighted by molar-refractivity contribution is 6.13. The number of carbonyl (C=O) groups excluding carboxylic acids is 1. The van der Waals surface area contributed by atoms with Gasteiger partial charge in [-0.1, -0.05) is 85.8 Å². The van der Waals surface area contributed by atoms with Crippen LogP contribution in [-0.2, 0) is 9.59 Å². The maximum absolute atomic E-state index is 13.0. The van der Waals surface area contributed by atoms with E-state index in [1.165, 1.54) is 0 Å². The molecular weight excluding hydrogens is 380 g/mol. The summed E-state index contributed by atoms with van der Waals surface area (Å²) in [7, 11) is 0. The first-order chi connectivity index (χ1) is 14.6. The van der Waals surface area contributed by atoms with Crippen LogP contribution in [0.3, 0.4) is 0 Å². The summed E-state index contributed by atoms with van der Waals surface area (Å²) in [5, 5.41) is 14.1. The Labute approximate surface area is 174 Å². The summed E-state index contributed by atoms with van der Waals surface area (Å²) in [5.41, 5.74) is 2.39. The van der Waals surface area contributed by atoms with E-state index in [1.54, 1.807) is 37.3 Å². The third-order valence-corrected chi connectivity index (χ3v) is 4.61. The number of amides is 1. The number of rotatable bonds is 8. The van der Waals surface area contributed by atoms with Gasteiger partial charge in [0.1, 0.15) is 5.75 Å². The summed E-state index contributed by atoms with van der Waals surface area (Å²) in [6, 6.07) is 27.1. The van der Waals surface area contributed by atoms with Crippen molar-refractivity contribution in [1.82, 2.24) is 5.43 Å². The normalized spacial score (nSPS) is 12.3. The van der Waals surface area contributed by atoms with Gasteiger partial charge in [-0.05, 0) is 12.1 Å². The zero-order valence-electron chi connectivity index (χ0n) is 16.5. The van der Waals surface area contributed by atoms with Crippen molar-refractivity contribution in [2.24, 2.45) is 5.10 Å². The zero-order chi connectivity index (χ0) is 21.4. The Morgan fingerprint density at radius 2 is 1.33 bits per heavy atom. The molecule has 0 saturated carbocycles. The van der Waals surface area contributed by atoms with Gasteiger partial charge in [-0.2, -0.15) is 5.10 Å². The second-order valence-electron chi connectivity index (χ2n) is 6.53. The van der Waals surface area contributed by atoms with Crippen LogP contribution in [0.2, 0.25) is 0 Å². The lowest BCUT2D eigenvalue weighted by atomic mass is 9.99. The van der Waals surface area contributed by atoms with Crippen LogP contribution in [-0.4, -0.2) is 28.3 Å². The van der Waals surface area contributed by atoms with E-state index in [0.717, 1.165) is 11.1 Å². The van der Waals surface area contributed by atoms with E-state index in [2.05, 4.69) is 10.5 Å². The van der Waals surface area contributed by atoms with Crippen molar-refractivity contribution in [3.05, 3.63) is 102 Å². The minimum absolute atomic E-state index is 0.0788. The molecule has 1 atom stereocenters. The van der Waals surface area contributed by atoms with Gasteiger partial charge in [-0.3, -0.25) is 4.79 Å². The summed E-state index contributed by atoms with van der Waals surface area (Å²) in [4.78, 5) is 25.0. The van der Waals surface area contributed by atoms with Gasteiger partial charge in [0.15, 0.2) is 0 Å². The van der Waals surface area contributed by atoms with Gasteiger partial charge in [0.25, 0.3) is 11.5 Å². The SMILES string of the molecule is CCC(Oc1ccccc1)(C(=O)O)C(=O)NN=C(c1ccccc1)c1ccccc1. The van der Waals surface area contributed by atoms with Gasteiger partial charge in [0.05, 0.1) is 5.71 Å². The number of aliphatic carboxylic acids is 1. The van der Waals surface area contributed by atoms with Crippen molar-refractivity contribution in [2.75, 3.05) is 0 Å². The van der Waals surface area contributed by atoms with Crippen molar-refractivity contribution in [3.63, 3.8) is 0 Å². The highest BCUT2D eigenvalue weighted by Gasteiger charge is 2.47. The van der Waals surface area contributed by atoms with Crippen molar-refractivity contribution in [2.45, 2.75) is 18.9 Å². The van der Waals surface area contributed by atoms with Crippen LogP contribution in [0.5, 0.6) is 5.75 Å². The van der Waals surface area contributed by atoms with Crippen LogP contribution < -0.4 is 10.2 Å². The van der Waals surface area contributed by atoms with E-state index in [0.29, 0.717) is 5.71 Å². The molecule has 3 aromatic carbocycles.